The van der Waals surface area contributed by atoms with Gasteiger partial charge in [-0.15, -0.1) is 0 Å². The number of benzene rings is 2. The van der Waals surface area contributed by atoms with Crippen LogP contribution in [-0.4, -0.2) is 6.61 Å². The van der Waals surface area contributed by atoms with E-state index in [2.05, 4.69) is 6.92 Å². The Morgan fingerprint density at radius 2 is 1.53 bits per heavy atom. The van der Waals surface area contributed by atoms with Crippen molar-refractivity contribution in [3.05, 3.63) is 70.5 Å². The molecule has 0 aromatic heterocycles. The first-order valence-electron chi connectivity index (χ1n) is 11.6. The molecule has 0 aliphatic heterocycles. The normalized spacial score (nSPS) is 19.3. The van der Waals surface area contributed by atoms with E-state index in [1.54, 1.807) is 12.1 Å². The van der Waals surface area contributed by atoms with E-state index < -0.39 is 30.2 Å². The summed E-state index contributed by atoms with van der Waals surface area (Å²) in [5.74, 6) is -3.08. The lowest BCUT2D eigenvalue weighted by Gasteiger charge is -2.29. The molecule has 32 heavy (non-hydrogen) atoms. The molecule has 1 fully saturated rings. The van der Waals surface area contributed by atoms with Gasteiger partial charge in [-0.25, -0.2) is 13.2 Å². The molecule has 0 saturated heterocycles. The predicted molar refractivity (Wildman–Crippen MR) is 115 cm³/mol. The van der Waals surface area contributed by atoms with E-state index in [9.17, 15) is 22.0 Å². The van der Waals surface area contributed by atoms with E-state index in [-0.39, 0.29) is 17.5 Å². The molecule has 0 N–H and O–H groups in total. The smallest absolute Gasteiger partial charge is 0.316 e. The molecule has 0 bridgehead atoms. The van der Waals surface area contributed by atoms with Crippen LogP contribution >= 0.6 is 0 Å². The van der Waals surface area contributed by atoms with Crippen molar-refractivity contribution < 1.29 is 26.7 Å². The van der Waals surface area contributed by atoms with Gasteiger partial charge in [0.25, 0.3) is 0 Å². The van der Waals surface area contributed by atoms with Crippen molar-refractivity contribution in [3.8, 4) is 0 Å². The van der Waals surface area contributed by atoms with Crippen LogP contribution in [0.1, 0.15) is 80.9 Å². The topological polar surface area (TPSA) is 9.23 Å². The van der Waals surface area contributed by atoms with Crippen LogP contribution in [0.3, 0.4) is 0 Å². The Hall–Kier alpha value is -1.95. The Labute approximate surface area is 187 Å². The van der Waals surface area contributed by atoms with Crippen molar-refractivity contribution >= 4 is 0 Å². The minimum absolute atomic E-state index is 0.0536. The summed E-state index contributed by atoms with van der Waals surface area (Å²) in [4.78, 5) is 0. The minimum atomic E-state index is -3.52. The van der Waals surface area contributed by atoms with Gasteiger partial charge in [-0.1, -0.05) is 56.9 Å². The molecule has 0 radical (unpaired) electrons. The second kappa shape index (κ2) is 11.3. The van der Waals surface area contributed by atoms with E-state index in [1.165, 1.54) is 50.7 Å². The number of hydrogen-bond donors (Lipinski definition) is 0. The Balaban J connectivity index is 1.50. The van der Waals surface area contributed by atoms with Crippen LogP contribution in [0.5, 0.6) is 0 Å². The fraction of sp³-hybridized carbons (Fsp3) is 0.538. The van der Waals surface area contributed by atoms with Gasteiger partial charge in [-0.2, -0.15) is 8.78 Å². The van der Waals surface area contributed by atoms with E-state index in [4.69, 9.17) is 4.74 Å². The molecule has 0 spiro atoms. The minimum Gasteiger partial charge on any atom is -0.316 e. The van der Waals surface area contributed by atoms with Crippen LogP contribution < -0.4 is 0 Å². The first-order chi connectivity index (χ1) is 15.3. The highest BCUT2D eigenvalue weighted by Gasteiger charge is 2.33. The molecule has 1 saturated carbocycles. The van der Waals surface area contributed by atoms with Crippen molar-refractivity contribution in [1.29, 1.82) is 0 Å². The van der Waals surface area contributed by atoms with Gasteiger partial charge < -0.3 is 4.74 Å². The molecule has 1 aliphatic carbocycles. The van der Waals surface area contributed by atoms with Gasteiger partial charge in [-0.05, 0) is 67.2 Å². The van der Waals surface area contributed by atoms with Gasteiger partial charge in [0, 0.05) is 0 Å². The first-order valence-corrected chi connectivity index (χ1v) is 11.6. The Kier molecular flexibility index (Phi) is 8.69. The number of rotatable bonds is 10. The molecular weight excluding hydrogens is 423 g/mol. The van der Waals surface area contributed by atoms with Gasteiger partial charge >= 0.3 is 6.11 Å². The van der Waals surface area contributed by atoms with Gasteiger partial charge in [0.2, 0.25) is 0 Å². The summed E-state index contributed by atoms with van der Waals surface area (Å²) in [5.41, 5.74) is 0.873. The maximum Gasteiger partial charge on any atom is 0.383 e. The molecular formula is C26H31F5O. The molecule has 1 aliphatic rings. The highest BCUT2D eigenvalue weighted by Crippen LogP contribution is 2.39. The number of halogens is 5. The molecule has 0 amide bonds. The van der Waals surface area contributed by atoms with Gasteiger partial charge in [0.15, 0.2) is 17.5 Å². The quantitative estimate of drug-likeness (QED) is 0.199. The summed E-state index contributed by atoms with van der Waals surface area (Å²) in [7, 11) is 0. The zero-order valence-electron chi connectivity index (χ0n) is 18.5. The highest BCUT2D eigenvalue weighted by atomic mass is 19.3. The summed E-state index contributed by atoms with van der Waals surface area (Å²) >= 11 is 0. The summed E-state index contributed by atoms with van der Waals surface area (Å²) in [6.07, 6.45) is 5.99. The van der Waals surface area contributed by atoms with Gasteiger partial charge in [-0.3, -0.25) is 0 Å². The Morgan fingerprint density at radius 3 is 2.12 bits per heavy atom. The van der Waals surface area contributed by atoms with Gasteiger partial charge in [0.1, 0.15) is 0 Å². The van der Waals surface area contributed by atoms with Crippen molar-refractivity contribution in [1.82, 2.24) is 0 Å². The second-order valence-corrected chi connectivity index (χ2v) is 8.82. The SMILES string of the molecule is CCCCCC1CCC(c2ccc(C(F)(F)OCCc3cc(F)c(F)c(F)c3)cc2)CC1. The van der Waals surface area contributed by atoms with E-state index in [0.717, 1.165) is 36.5 Å². The molecule has 0 unspecified atom stereocenters. The summed E-state index contributed by atoms with van der Waals surface area (Å²) < 4.78 is 73.0. The van der Waals surface area contributed by atoms with Crippen LogP contribution in [0.4, 0.5) is 22.0 Å². The molecule has 0 atom stereocenters. The molecule has 176 valence electrons. The lowest BCUT2D eigenvalue weighted by molar-refractivity contribution is -0.248. The summed E-state index contributed by atoms with van der Waals surface area (Å²) in [6.45, 7) is 1.75. The van der Waals surface area contributed by atoms with E-state index >= 15 is 0 Å². The molecule has 1 nitrogen and oxygen atoms in total. The molecule has 2 aromatic rings. The lowest BCUT2D eigenvalue weighted by atomic mass is 9.77. The largest absolute Gasteiger partial charge is 0.383 e. The van der Waals surface area contributed by atoms with Crippen LogP contribution in [0.2, 0.25) is 0 Å². The van der Waals surface area contributed by atoms with Crippen molar-refractivity contribution in [2.45, 2.75) is 76.7 Å². The first kappa shape index (κ1) is 24.7. The summed E-state index contributed by atoms with van der Waals surface area (Å²) in [6, 6.07) is 7.85. The fourth-order valence-corrected chi connectivity index (χ4v) is 4.55. The van der Waals surface area contributed by atoms with Crippen LogP contribution in [-0.2, 0) is 17.3 Å². The maximum atomic E-state index is 14.4. The third kappa shape index (κ3) is 6.53. The standard InChI is InChI=1S/C26H31F5O/c1-2-3-4-5-18-6-8-20(9-7-18)21-10-12-22(13-11-21)26(30,31)32-15-14-19-16-23(27)25(29)24(28)17-19/h10-13,16-18,20H,2-9,14-15H2,1H3. The van der Waals surface area contributed by atoms with Crippen molar-refractivity contribution in [2.24, 2.45) is 5.92 Å². The highest BCUT2D eigenvalue weighted by molar-refractivity contribution is 5.27. The number of unbranched alkanes of at least 4 members (excludes halogenated alkanes) is 2. The maximum absolute atomic E-state index is 14.4. The monoisotopic (exact) mass is 454 g/mol. The average Bonchev–Trinajstić information content (AvgIpc) is 2.78. The number of alkyl halides is 2. The van der Waals surface area contributed by atoms with Gasteiger partial charge in [0.05, 0.1) is 12.2 Å². The van der Waals surface area contributed by atoms with Crippen LogP contribution in [0.25, 0.3) is 0 Å². The van der Waals surface area contributed by atoms with Crippen molar-refractivity contribution in [2.75, 3.05) is 6.61 Å². The third-order valence-corrected chi connectivity index (χ3v) is 6.50. The predicted octanol–water partition coefficient (Wildman–Crippen LogP) is 8.27. The lowest BCUT2D eigenvalue weighted by Crippen LogP contribution is -2.20. The Morgan fingerprint density at radius 1 is 0.906 bits per heavy atom. The molecule has 3 rings (SSSR count). The zero-order valence-corrected chi connectivity index (χ0v) is 18.5. The molecule has 0 heterocycles. The third-order valence-electron chi connectivity index (χ3n) is 6.50. The van der Waals surface area contributed by atoms with Crippen LogP contribution in [0, 0.1) is 23.4 Å². The average molecular weight is 455 g/mol. The van der Waals surface area contributed by atoms with Crippen LogP contribution in [0.15, 0.2) is 36.4 Å². The second-order valence-electron chi connectivity index (χ2n) is 8.82. The molecule has 6 heteroatoms. The van der Waals surface area contributed by atoms with E-state index in [1.807, 2.05) is 0 Å². The van der Waals surface area contributed by atoms with E-state index in [0.29, 0.717) is 5.92 Å². The number of hydrogen-bond acceptors (Lipinski definition) is 1. The fourth-order valence-electron chi connectivity index (χ4n) is 4.55. The summed E-state index contributed by atoms with van der Waals surface area (Å²) in [5, 5.41) is 0. The number of ether oxygens (including phenoxy) is 1. The van der Waals surface area contributed by atoms with Crippen molar-refractivity contribution in [3.63, 3.8) is 0 Å². The molecule has 2 aromatic carbocycles. The Bertz CT molecular complexity index is 834. The zero-order chi connectivity index (χ0) is 23.1.